The van der Waals surface area contributed by atoms with Crippen LogP contribution >= 0.6 is 11.3 Å². The van der Waals surface area contributed by atoms with Crippen molar-refractivity contribution < 1.29 is 18.3 Å². The topological polar surface area (TPSA) is 41.6 Å². The van der Waals surface area contributed by atoms with Crippen LogP contribution in [0.25, 0.3) is 0 Å². The summed E-state index contributed by atoms with van der Waals surface area (Å²) in [6.45, 7) is -1.31. The van der Waals surface area contributed by atoms with Gasteiger partial charge in [-0.1, -0.05) is 0 Å². The lowest BCUT2D eigenvalue weighted by Gasteiger charge is -2.23. The first kappa shape index (κ1) is 13.2. The zero-order valence-corrected chi connectivity index (χ0v) is 10.7. The van der Waals surface area contributed by atoms with Crippen LogP contribution in [-0.4, -0.2) is 43.6 Å². The van der Waals surface area contributed by atoms with Crippen LogP contribution in [0.15, 0.2) is 11.4 Å². The van der Waals surface area contributed by atoms with E-state index in [9.17, 15) is 13.6 Å². The summed E-state index contributed by atoms with van der Waals surface area (Å²) in [5.41, 5.74) is 0. The van der Waals surface area contributed by atoms with Gasteiger partial charge in [0, 0.05) is 19.6 Å². The third-order valence-electron chi connectivity index (χ3n) is 2.94. The standard InChI is InChI=1S/C11H14F2N2O2S/c1-15(7-2-4-14-6-7)10(16)9-8(3-5-18-9)17-11(12)13/h3,5,7,11,14H,2,4,6H2,1H3. The van der Waals surface area contributed by atoms with Gasteiger partial charge < -0.3 is 15.0 Å². The molecule has 1 aliphatic rings. The minimum atomic E-state index is -2.91. The van der Waals surface area contributed by atoms with E-state index in [0.717, 1.165) is 30.8 Å². The molecule has 0 radical (unpaired) electrons. The minimum Gasteiger partial charge on any atom is -0.433 e. The van der Waals surface area contributed by atoms with Crippen molar-refractivity contribution in [2.75, 3.05) is 20.1 Å². The zero-order valence-electron chi connectivity index (χ0n) is 9.86. The Morgan fingerprint density at radius 1 is 1.67 bits per heavy atom. The Bertz CT molecular complexity index is 419. The number of thiophene rings is 1. The highest BCUT2D eigenvalue weighted by atomic mass is 32.1. The summed E-state index contributed by atoms with van der Waals surface area (Å²) in [7, 11) is 1.69. The summed E-state index contributed by atoms with van der Waals surface area (Å²) in [6.07, 6.45) is 0.874. The van der Waals surface area contributed by atoms with Crippen LogP contribution < -0.4 is 10.1 Å². The van der Waals surface area contributed by atoms with E-state index in [0.29, 0.717) is 0 Å². The maximum atomic E-state index is 12.2. The van der Waals surface area contributed by atoms with Crippen molar-refractivity contribution in [2.24, 2.45) is 0 Å². The minimum absolute atomic E-state index is 0.0437. The van der Waals surface area contributed by atoms with Crippen molar-refractivity contribution in [3.05, 3.63) is 16.3 Å². The fraction of sp³-hybridized carbons (Fsp3) is 0.545. The van der Waals surface area contributed by atoms with Gasteiger partial charge in [0.2, 0.25) is 0 Å². The molecule has 2 heterocycles. The number of halogens is 2. The maximum absolute atomic E-state index is 12.2. The molecular formula is C11H14F2N2O2S. The number of nitrogens with one attached hydrogen (secondary N) is 1. The third-order valence-corrected chi connectivity index (χ3v) is 3.83. The molecule has 1 N–H and O–H groups in total. The number of rotatable bonds is 4. The summed E-state index contributed by atoms with van der Waals surface area (Å²) in [5, 5.41) is 4.73. The molecule has 1 amide bonds. The van der Waals surface area contributed by atoms with Crippen molar-refractivity contribution in [1.82, 2.24) is 10.2 Å². The Morgan fingerprint density at radius 3 is 3.06 bits per heavy atom. The molecule has 0 saturated carbocycles. The number of hydrogen-bond donors (Lipinski definition) is 1. The molecule has 0 bridgehead atoms. The second-order valence-corrected chi connectivity index (χ2v) is 4.97. The average molecular weight is 276 g/mol. The van der Waals surface area contributed by atoms with Crippen LogP contribution in [0.2, 0.25) is 0 Å². The fourth-order valence-electron chi connectivity index (χ4n) is 1.94. The molecule has 7 heteroatoms. The van der Waals surface area contributed by atoms with Gasteiger partial charge in [-0.3, -0.25) is 4.79 Å². The van der Waals surface area contributed by atoms with Gasteiger partial charge in [0.25, 0.3) is 5.91 Å². The van der Waals surface area contributed by atoms with E-state index in [4.69, 9.17) is 0 Å². The first-order valence-electron chi connectivity index (χ1n) is 5.59. The molecule has 0 aromatic carbocycles. The number of carbonyl (C=O) groups excluding carboxylic acids is 1. The van der Waals surface area contributed by atoms with E-state index in [1.807, 2.05) is 0 Å². The van der Waals surface area contributed by atoms with E-state index in [2.05, 4.69) is 10.1 Å². The Morgan fingerprint density at radius 2 is 2.44 bits per heavy atom. The molecule has 1 aromatic heterocycles. The quantitative estimate of drug-likeness (QED) is 0.911. The number of likely N-dealkylation sites (N-methyl/N-ethyl adjacent to an activating group) is 1. The van der Waals surface area contributed by atoms with Crippen LogP contribution in [0.3, 0.4) is 0 Å². The SMILES string of the molecule is CN(C(=O)c1sccc1OC(F)F)C1CCNC1. The predicted molar refractivity (Wildman–Crippen MR) is 64.3 cm³/mol. The summed E-state index contributed by atoms with van der Waals surface area (Å²) in [4.78, 5) is 14.0. The highest BCUT2D eigenvalue weighted by Crippen LogP contribution is 2.28. The first-order valence-corrected chi connectivity index (χ1v) is 6.47. The molecule has 18 heavy (non-hydrogen) atoms. The molecule has 1 aliphatic heterocycles. The number of ether oxygens (including phenoxy) is 1. The molecular weight excluding hydrogens is 262 g/mol. The molecule has 100 valence electrons. The van der Waals surface area contributed by atoms with Gasteiger partial charge in [-0.05, 0) is 24.4 Å². The number of alkyl halides is 2. The number of hydrogen-bond acceptors (Lipinski definition) is 4. The number of amides is 1. The molecule has 1 aromatic rings. The number of carbonyl (C=O) groups is 1. The van der Waals surface area contributed by atoms with Gasteiger partial charge in [-0.2, -0.15) is 8.78 Å². The van der Waals surface area contributed by atoms with Gasteiger partial charge >= 0.3 is 6.61 Å². The van der Waals surface area contributed by atoms with Crippen LogP contribution in [0.1, 0.15) is 16.1 Å². The Kier molecular flexibility index (Phi) is 4.13. The summed E-state index contributed by atoms with van der Waals surface area (Å²) in [6, 6.07) is 1.50. The molecule has 1 saturated heterocycles. The molecule has 4 nitrogen and oxygen atoms in total. The van der Waals surface area contributed by atoms with Gasteiger partial charge in [-0.15, -0.1) is 11.3 Å². The Labute approximate surface area is 108 Å². The van der Waals surface area contributed by atoms with Crippen molar-refractivity contribution in [2.45, 2.75) is 19.1 Å². The summed E-state index contributed by atoms with van der Waals surface area (Å²) < 4.78 is 28.7. The largest absolute Gasteiger partial charge is 0.433 e. The monoisotopic (exact) mass is 276 g/mol. The second-order valence-electron chi connectivity index (χ2n) is 4.06. The lowest BCUT2D eigenvalue weighted by atomic mass is 10.2. The smallest absolute Gasteiger partial charge is 0.387 e. The molecule has 1 fully saturated rings. The summed E-state index contributed by atoms with van der Waals surface area (Å²) >= 11 is 1.12. The van der Waals surface area contributed by atoms with Crippen LogP contribution in [0.4, 0.5) is 8.78 Å². The molecule has 1 unspecified atom stereocenters. The van der Waals surface area contributed by atoms with E-state index in [1.165, 1.54) is 6.07 Å². The highest BCUT2D eigenvalue weighted by Gasteiger charge is 2.27. The normalized spacial score (nSPS) is 19.2. The number of nitrogens with zero attached hydrogens (tertiary/aromatic N) is 1. The van der Waals surface area contributed by atoms with Crippen molar-refractivity contribution in [3.8, 4) is 5.75 Å². The predicted octanol–water partition coefficient (Wildman–Crippen LogP) is 1.78. The van der Waals surface area contributed by atoms with Gasteiger partial charge in [-0.25, -0.2) is 0 Å². The third kappa shape index (κ3) is 2.78. The molecule has 0 aliphatic carbocycles. The lowest BCUT2D eigenvalue weighted by Crippen LogP contribution is -2.38. The van der Waals surface area contributed by atoms with Crippen LogP contribution in [0.5, 0.6) is 5.75 Å². The van der Waals surface area contributed by atoms with E-state index in [1.54, 1.807) is 17.3 Å². The maximum Gasteiger partial charge on any atom is 0.387 e. The van der Waals surface area contributed by atoms with Crippen molar-refractivity contribution in [1.29, 1.82) is 0 Å². The fourth-order valence-corrected chi connectivity index (χ4v) is 2.74. The Hall–Kier alpha value is -1.21. The van der Waals surface area contributed by atoms with Gasteiger partial charge in [0.1, 0.15) is 10.6 Å². The van der Waals surface area contributed by atoms with Crippen LogP contribution in [0, 0.1) is 0 Å². The van der Waals surface area contributed by atoms with E-state index in [-0.39, 0.29) is 22.6 Å². The lowest BCUT2D eigenvalue weighted by molar-refractivity contribution is -0.0499. The Balaban J connectivity index is 2.10. The zero-order chi connectivity index (χ0) is 13.1. The van der Waals surface area contributed by atoms with E-state index < -0.39 is 6.61 Å². The highest BCUT2D eigenvalue weighted by molar-refractivity contribution is 7.12. The van der Waals surface area contributed by atoms with Crippen molar-refractivity contribution >= 4 is 17.2 Å². The average Bonchev–Trinajstić information content (AvgIpc) is 2.96. The van der Waals surface area contributed by atoms with E-state index >= 15 is 0 Å². The van der Waals surface area contributed by atoms with Gasteiger partial charge in [0.15, 0.2) is 0 Å². The molecule has 2 rings (SSSR count). The second kappa shape index (κ2) is 5.62. The molecule has 0 spiro atoms. The molecule has 1 atom stereocenters. The summed E-state index contributed by atoms with van der Waals surface area (Å²) in [5.74, 6) is -0.313. The van der Waals surface area contributed by atoms with Crippen LogP contribution in [-0.2, 0) is 0 Å². The van der Waals surface area contributed by atoms with Gasteiger partial charge in [0.05, 0.1) is 0 Å². The first-order chi connectivity index (χ1) is 8.59. The van der Waals surface area contributed by atoms with Crippen molar-refractivity contribution in [3.63, 3.8) is 0 Å².